The fourth-order valence-corrected chi connectivity index (χ4v) is 6.47. The van der Waals surface area contributed by atoms with E-state index in [0.717, 1.165) is 24.2 Å². The van der Waals surface area contributed by atoms with E-state index in [1.54, 1.807) is 66.7 Å². The van der Waals surface area contributed by atoms with Crippen LogP contribution in [0.25, 0.3) is 5.76 Å². The molecule has 1 unspecified atom stereocenters. The van der Waals surface area contributed by atoms with Crippen LogP contribution in [0.3, 0.4) is 0 Å². The molecule has 0 spiro atoms. The number of aromatic nitrogens is 2. The Balaban J connectivity index is 1.56. The van der Waals surface area contributed by atoms with Gasteiger partial charge in [-0.05, 0) is 42.7 Å². The van der Waals surface area contributed by atoms with Crippen LogP contribution in [0, 0.1) is 5.82 Å². The van der Waals surface area contributed by atoms with Crippen molar-refractivity contribution >= 4 is 45.7 Å². The largest absolute Gasteiger partial charge is 0.507 e. The van der Waals surface area contributed by atoms with E-state index < -0.39 is 17.7 Å². The first-order valence-corrected chi connectivity index (χ1v) is 15.7. The minimum atomic E-state index is -1.01. The van der Waals surface area contributed by atoms with Gasteiger partial charge >= 0.3 is 5.91 Å². The Kier molecular flexibility index (Phi) is 9.73. The average molecular weight is 620 g/mol. The second-order valence-electron chi connectivity index (χ2n) is 9.61. The van der Waals surface area contributed by atoms with Crippen LogP contribution >= 0.6 is 23.1 Å². The molecule has 1 atom stereocenters. The minimum absolute atomic E-state index is 0.0749. The number of amides is 1. The van der Waals surface area contributed by atoms with Crippen molar-refractivity contribution in [1.82, 2.24) is 10.2 Å². The topological polar surface area (TPSA) is 102 Å². The van der Waals surface area contributed by atoms with Crippen LogP contribution in [-0.4, -0.2) is 40.2 Å². The van der Waals surface area contributed by atoms with E-state index in [1.165, 1.54) is 22.7 Å². The number of rotatable bonds is 12. The van der Waals surface area contributed by atoms with Gasteiger partial charge in [-0.1, -0.05) is 91.0 Å². The van der Waals surface area contributed by atoms with Crippen molar-refractivity contribution in [3.63, 3.8) is 0 Å². The number of Topliss-reactive ketones (excluding diaryl/α,β-unsaturated/α-hetero) is 1. The van der Waals surface area contributed by atoms with Gasteiger partial charge in [-0.2, -0.15) is 0 Å². The van der Waals surface area contributed by atoms with Gasteiger partial charge in [-0.25, -0.2) is 4.39 Å². The van der Waals surface area contributed by atoms with Crippen LogP contribution in [0.1, 0.15) is 49.4 Å². The van der Waals surface area contributed by atoms with Crippen molar-refractivity contribution in [3.05, 3.63) is 101 Å². The molecular weight excluding hydrogens is 590 g/mol. The van der Waals surface area contributed by atoms with Crippen LogP contribution in [0.5, 0.6) is 11.5 Å². The third kappa shape index (κ3) is 6.57. The summed E-state index contributed by atoms with van der Waals surface area (Å²) in [7, 11) is 0. The van der Waals surface area contributed by atoms with Gasteiger partial charge in [0.2, 0.25) is 5.13 Å². The van der Waals surface area contributed by atoms with Gasteiger partial charge in [0.1, 0.15) is 11.6 Å². The molecule has 0 radical (unpaired) electrons. The molecule has 11 heteroatoms. The lowest BCUT2D eigenvalue weighted by molar-refractivity contribution is -0.132. The van der Waals surface area contributed by atoms with Crippen molar-refractivity contribution in [1.29, 1.82) is 0 Å². The lowest BCUT2D eigenvalue weighted by atomic mass is 9.95. The molecule has 4 aromatic rings. The third-order valence-corrected chi connectivity index (χ3v) is 8.85. The second-order valence-corrected chi connectivity index (χ2v) is 11.8. The second kappa shape index (κ2) is 13.8. The maximum absolute atomic E-state index is 14.2. The van der Waals surface area contributed by atoms with E-state index in [1.807, 2.05) is 6.92 Å². The minimum Gasteiger partial charge on any atom is -0.507 e. The number of hydrogen-bond donors (Lipinski definition) is 1. The summed E-state index contributed by atoms with van der Waals surface area (Å²) in [5, 5.41) is 20.0. The molecule has 0 aliphatic carbocycles. The summed E-state index contributed by atoms with van der Waals surface area (Å²) in [6.07, 6.45) is 1.84. The molecule has 2 heterocycles. The maximum Gasteiger partial charge on any atom is 0.301 e. The zero-order chi connectivity index (χ0) is 30.3. The molecule has 1 aliphatic heterocycles. The Morgan fingerprint density at radius 1 is 1.00 bits per heavy atom. The molecule has 1 fully saturated rings. The van der Waals surface area contributed by atoms with Gasteiger partial charge in [0.05, 0.1) is 24.8 Å². The molecule has 1 saturated heterocycles. The highest BCUT2D eigenvalue weighted by Gasteiger charge is 2.48. The highest BCUT2D eigenvalue weighted by molar-refractivity contribution is 8.00. The number of carbonyl (C=O) groups is 2. The highest BCUT2D eigenvalue weighted by atomic mass is 32.2. The van der Waals surface area contributed by atoms with Crippen LogP contribution in [0.4, 0.5) is 9.52 Å². The molecule has 222 valence electrons. The molecule has 8 nitrogen and oxygen atoms in total. The molecule has 1 amide bonds. The Labute approximate surface area is 257 Å². The molecular formula is C32H30FN3O5S2. The van der Waals surface area contributed by atoms with Crippen LogP contribution < -0.4 is 14.4 Å². The standard InChI is InChI=1S/C32H30FN3O5S2/c1-3-5-17-41-24-16-15-21(18-25(24)40-4-2)27-26(28(37)20-11-7-6-8-12-20)29(38)30(39)36(27)31-34-35-32(43-31)42-19-22-13-9-10-14-23(22)33/h6-16,18,27,37H,3-5,17,19H2,1-2H3. The molecule has 0 saturated carbocycles. The fraction of sp³-hybridized carbons (Fsp3) is 0.250. The van der Waals surface area contributed by atoms with Gasteiger partial charge < -0.3 is 14.6 Å². The van der Waals surface area contributed by atoms with Gasteiger partial charge in [0, 0.05) is 11.3 Å². The summed E-state index contributed by atoms with van der Waals surface area (Å²) < 4.78 is 26.5. The number of ether oxygens (including phenoxy) is 2. The van der Waals surface area contributed by atoms with Crippen LogP contribution in [-0.2, 0) is 15.3 Å². The number of thioether (sulfide) groups is 1. The molecule has 3 aromatic carbocycles. The number of aliphatic hydroxyl groups excluding tert-OH is 1. The predicted molar refractivity (Wildman–Crippen MR) is 165 cm³/mol. The number of halogens is 1. The van der Waals surface area contributed by atoms with E-state index >= 15 is 0 Å². The number of nitrogens with zero attached hydrogens (tertiary/aromatic N) is 3. The molecule has 43 heavy (non-hydrogen) atoms. The lowest BCUT2D eigenvalue weighted by Gasteiger charge is -2.23. The first kappa shape index (κ1) is 30.2. The number of carbonyl (C=O) groups excluding carboxylic acids is 2. The zero-order valence-corrected chi connectivity index (χ0v) is 25.3. The molecule has 1 N–H and O–H groups in total. The number of aliphatic hydroxyl groups is 1. The van der Waals surface area contributed by atoms with Gasteiger partial charge in [-0.15, -0.1) is 10.2 Å². The summed E-state index contributed by atoms with van der Waals surface area (Å²) in [5.41, 5.74) is 1.36. The number of unbranched alkanes of at least 4 members (excludes halogenated alkanes) is 1. The van der Waals surface area contributed by atoms with Crippen molar-refractivity contribution in [2.24, 2.45) is 0 Å². The number of ketones is 1. The third-order valence-electron chi connectivity index (χ3n) is 6.74. The van der Waals surface area contributed by atoms with Crippen LogP contribution in [0.15, 0.2) is 82.7 Å². The van der Waals surface area contributed by atoms with E-state index in [2.05, 4.69) is 17.1 Å². The molecule has 1 aromatic heterocycles. The first-order chi connectivity index (χ1) is 20.9. The highest BCUT2D eigenvalue weighted by Crippen LogP contribution is 2.45. The summed E-state index contributed by atoms with van der Waals surface area (Å²) >= 11 is 2.39. The van der Waals surface area contributed by atoms with Gasteiger partial charge in [-0.3, -0.25) is 14.5 Å². The Morgan fingerprint density at radius 3 is 2.51 bits per heavy atom. The van der Waals surface area contributed by atoms with Crippen molar-refractivity contribution in [2.45, 2.75) is 42.8 Å². The Morgan fingerprint density at radius 2 is 1.77 bits per heavy atom. The lowest BCUT2D eigenvalue weighted by Crippen LogP contribution is -2.29. The summed E-state index contributed by atoms with van der Waals surface area (Å²) in [5.74, 6) is -0.991. The van der Waals surface area contributed by atoms with E-state index in [0.29, 0.717) is 51.5 Å². The van der Waals surface area contributed by atoms with Gasteiger partial charge in [0.25, 0.3) is 5.78 Å². The average Bonchev–Trinajstić information content (AvgIpc) is 3.59. The van der Waals surface area contributed by atoms with Crippen molar-refractivity contribution in [3.8, 4) is 11.5 Å². The molecule has 5 rings (SSSR count). The summed E-state index contributed by atoms with van der Waals surface area (Å²) in [6.45, 7) is 4.81. The summed E-state index contributed by atoms with van der Waals surface area (Å²) in [4.78, 5) is 28.4. The Bertz CT molecular complexity index is 1640. The quantitative estimate of drug-likeness (QED) is 0.0445. The Hall–Kier alpha value is -4.22. The van der Waals surface area contributed by atoms with Crippen LogP contribution in [0.2, 0.25) is 0 Å². The van der Waals surface area contributed by atoms with E-state index in [4.69, 9.17) is 9.47 Å². The zero-order valence-electron chi connectivity index (χ0n) is 23.7. The number of benzene rings is 3. The predicted octanol–water partition coefficient (Wildman–Crippen LogP) is 7.17. The van der Waals surface area contributed by atoms with E-state index in [-0.39, 0.29) is 22.3 Å². The monoisotopic (exact) mass is 619 g/mol. The molecule has 1 aliphatic rings. The smallest absolute Gasteiger partial charge is 0.301 e. The van der Waals surface area contributed by atoms with Crippen molar-refractivity contribution < 1.29 is 28.6 Å². The first-order valence-electron chi connectivity index (χ1n) is 13.9. The van der Waals surface area contributed by atoms with Gasteiger partial charge in [0.15, 0.2) is 15.8 Å². The number of hydrogen-bond acceptors (Lipinski definition) is 9. The summed E-state index contributed by atoms with van der Waals surface area (Å²) in [6, 6.07) is 19.3. The van der Waals surface area contributed by atoms with Crippen molar-refractivity contribution in [2.75, 3.05) is 18.1 Å². The number of anilines is 1. The normalized spacial score (nSPS) is 16.1. The SMILES string of the molecule is CCCCOc1ccc(C2C(=C(O)c3ccccc3)C(=O)C(=O)N2c2nnc(SCc3ccccc3F)s2)cc1OCC. The maximum atomic E-state index is 14.2. The fourth-order valence-electron chi connectivity index (χ4n) is 4.62. The van der Waals surface area contributed by atoms with E-state index in [9.17, 15) is 19.1 Å². The molecule has 0 bridgehead atoms.